The molecular formula is C19H18N2O2. The van der Waals surface area contributed by atoms with Crippen molar-refractivity contribution in [1.29, 1.82) is 0 Å². The second-order valence-electron chi connectivity index (χ2n) is 5.34. The Morgan fingerprint density at radius 1 is 1.17 bits per heavy atom. The Hall–Kier alpha value is -2.85. The lowest BCUT2D eigenvalue weighted by Crippen LogP contribution is -2.05. The fourth-order valence-electron chi connectivity index (χ4n) is 2.53. The van der Waals surface area contributed by atoms with Crippen LogP contribution in [0.5, 0.6) is 0 Å². The summed E-state index contributed by atoms with van der Waals surface area (Å²) in [6, 6.07) is 13.5. The van der Waals surface area contributed by atoms with E-state index in [1.807, 2.05) is 42.5 Å². The summed E-state index contributed by atoms with van der Waals surface area (Å²) in [5.41, 5.74) is 5.23. The van der Waals surface area contributed by atoms with Gasteiger partial charge in [-0.05, 0) is 35.7 Å². The van der Waals surface area contributed by atoms with E-state index >= 15 is 0 Å². The molecule has 0 aliphatic carbocycles. The highest BCUT2D eigenvalue weighted by atomic mass is 16.2. The molecule has 0 radical (unpaired) electrons. The molecule has 0 atom stereocenters. The number of fused-ring (bicyclic) bond motifs is 1. The second kappa shape index (κ2) is 6.50. The monoisotopic (exact) mass is 306 g/mol. The maximum Gasteiger partial charge on any atom is 0.257 e. The first-order chi connectivity index (χ1) is 11.2. The molecule has 0 spiro atoms. The zero-order valence-electron chi connectivity index (χ0n) is 12.7. The predicted molar refractivity (Wildman–Crippen MR) is 94.0 cm³/mol. The van der Waals surface area contributed by atoms with Crippen molar-refractivity contribution in [2.24, 2.45) is 0 Å². The number of aliphatic hydroxyl groups is 1. The van der Waals surface area contributed by atoms with Gasteiger partial charge >= 0.3 is 0 Å². The van der Waals surface area contributed by atoms with Gasteiger partial charge in [-0.3, -0.25) is 4.79 Å². The molecule has 0 saturated carbocycles. The molecule has 4 nitrogen and oxygen atoms in total. The molecule has 1 aliphatic heterocycles. The smallest absolute Gasteiger partial charge is 0.257 e. The Balaban J connectivity index is 1.80. The molecular weight excluding hydrogens is 288 g/mol. The minimum atomic E-state index is -0.120. The molecule has 23 heavy (non-hydrogen) atoms. The third-order valence-corrected chi connectivity index (χ3v) is 3.80. The number of amides is 1. The summed E-state index contributed by atoms with van der Waals surface area (Å²) in [7, 11) is 0. The largest absolute Gasteiger partial charge is 0.396 e. The highest BCUT2D eigenvalue weighted by molar-refractivity contribution is 6.31. The van der Waals surface area contributed by atoms with Gasteiger partial charge in [-0.1, -0.05) is 36.9 Å². The van der Waals surface area contributed by atoms with Crippen LogP contribution in [0.15, 0.2) is 55.2 Å². The molecule has 0 saturated heterocycles. The second-order valence-corrected chi connectivity index (χ2v) is 5.34. The van der Waals surface area contributed by atoms with Crippen molar-refractivity contribution >= 4 is 28.9 Å². The molecule has 0 fully saturated rings. The van der Waals surface area contributed by atoms with Gasteiger partial charge in [-0.15, -0.1) is 0 Å². The number of benzene rings is 2. The zero-order chi connectivity index (χ0) is 16.2. The zero-order valence-corrected chi connectivity index (χ0v) is 12.7. The Labute approximate surface area is 135 Å². The molecule has 2 aromatic carbocycles. The van der Waals surface area contributed by atoms with Crippen molar-refractivity contribution in [3.8, 4) is 0 Å². The summed E-state index contributed by atoms with van der Waals surface area (Å²) < 4.78 is 0. The number of carbonyl (C=O) groups excluding carboxylic acids is 1. The number of nitrogens with one attached hydrogen (secondary N) is 2. The van der Waals surface area contributed by atoms with Gasteiger partial charge in [0.05, 0.1) is 5.57 Å². The van der Waals surface area contributed by atoms with Gasteiger partial charge in [0.1, 0.15) is 0 Å². The molecule has 2 aromatic rings. The SMILES string of the molecule is C=Cc1ccc2c(c1)NC(=O)/C2=C/Nc1ccc(CCO)cc1. The van der Waals surface area contributed by atoms with E-state index in [9.17, 15) is 4.79 Å². The Morgan fingerprint density at radius 3 is 2.65 bits per heavy atom. The van der Waals surface area contributed by atoms with Crippen LogP contribution >= 0.6 is 0 Å². The van der Waals surface area contributed by atoms with Gasteiger partial charge < -0.3 is 15.7 Å². The van der Waals surface area contributed by atoms with E-state index in [0.717, 1.165) is 28.1 Å². The normalized spacial score (nSPS) is 14.5. The number of hydrogen-bond donors (Lipinski definition) is 3. The van der Waals surface area contributed by atoms with Crippen molar-refractivity contribution < 1.29 is 9.90 Å². The predicted octanol–water partition coefficient (Wildman–Crippen LogP) is 3.27. The van der Waals surface area contributed by atoms with Crippen LogP contribution in [-0.2, 0) is 11.2 Å². The topological polar surface area (TPSA) is 61.4 Å². The van der Waals surface area contributed by atoms with Crippen LogP contribution in [0.25, 0.3) is 11.6 Å². The molecule has 0 bridgehead atoms. The summed E-state index contributed by atoms with van der Waals surface area (Å²) in [5.74, 6) is -0.120. The Morgan fingerprint density at radius 2 is 1.96 bits per heavy atom. The maximum atomic E-state index is 12.1. The molecule has 116 valence electrons. The molecule has 1 heterocycles. The number of anilines is 2. The molecule has 1 aliphatic rings. The highest BCUT2D eigenvalue weighted by Gasteiger charge is 2.23. The van der Waals surface area contributed by atoms with Crippen LogP contribution in [0.1, 0.15) is 16.7 Å². The number of carbonyl (C=O) groups is 1. The Kier molecular flexibility index (Phi) is 4.26. The lowest BCUT2D eigenvalue weighted by Gasteiger charge is -2.04. The minimum absolute atomic E-state index is 0.120. The minimum Gasteiger partial charge on any atom is -0.396 e. The summed E-state index contributed by atoms with van der Waals surface area (Å²) in [6.45, 7) is 3.87. The summed E-state index contributed by atoms with van der Waals surface area (Å²) in [5, 5.41) is 14.9. The number of aliphatic hydroxyl groups excluding tert-OH is 1. The van der Waals surface area contributed by atoms with E-state index in [1.54, 1.807) is 12.3 Å². The van der Waals surface area contributed by atoms with Crippen LogP contribution in [0.3, 0.4) is 0 Å². The first kappa shape index (κ1) is 15.1. The standard InChI is InChI=1S/C19H18N2O2/c1-2-13-5-8-16-17(19(23)21-18(16)11-13)12-20-15-6-3-14(4-7-15)9-10-22/h2-8,11-12,20,22H,1,9-10H2,(H,21,23)/b17-12+. The van der Waals surface area contributed by atoms with Gasteiger partial charge in [0, 0.05) is 29.7 Å². The molecule has 0 unspecified atom stereocenters. The van der Waals surface area contributed by atoms with Crippen molar-refractivity contribution in [3.63, 3.8) is 0 Å². The van der Waals surface area contributed by atoms with Crippen molar-refractivity contribution in [2.75, 3.05) is 17.2 Å². The summed E-state index contributed by atoms with van der Waals surface area (Å²) in [6.07, 6.45) is 4.11. The van der Waals surface area contributed by atoms with Crippen LogP contribution in [0.2, 0.25) is 0 Å². The van der Waals surface area contributed by atoms with Crippen LogP contribution < -0.4 is 10.6 Å². The van der Waals surface area contributed by atoms with Crippen LogP contribution in [0.4, 0.5) is 11.4 Å². The van der Waals surface area contributed by atoms with Gasteiger partial charge in [0.25, 0.3) is 5.91 Å². The quantitative estimate of drug-likeness (QED) is 0.743. The van der Waals surface area contributed by atoms with E-state index in [0.29, 0.717) is 12.0 Å². The molecule has 3 N–H and O–H groups in total. The highest BCUT2D eigenvalue weighted by Crippen LogP contribution is 2.32. The fourth-order valence-corrected chi connectivity index (χ4v) is 2.53. The molecule has 3 rings (SSSR count). The van der Waals surface area contributed by atoms with E-state index in [2.05, 4.69) is 17.2 Å². The van der Waals surface area contributed by atoms with E-state index in [4.69, 9.17) is 5.11 Å². The maximum absolute atomic E-state index is 12.1. The molecule has 4 heteroatoms. The average molecular weight is 306 g/mol. The van der Waals surface area contributed by atoms with E-state index in [-0.39, 0.29) is 12.5 Å². The molecule has 0 aromatic heterocycles. The van der Waals surface area contributed by atoms with Crippen LogP contribution in [0, 0.1) is 0 Å². The number of rotatable bonds is 5. The van der Waals surface area contributed by atoms with Crippen molar-refractivity contribution in [1.82, 2.24) is 0 Å². The fraction of sp³-hybridized carbons (Fsp3) is 0.105. The first-order valence-corrected chi connectivity index (χ1v) is 7.46. The van der Waals surface area contributed by atoms with Gasteiger partial charge in [-0.25, -0.2) is 0 Å². The summed E-state index contributed by atoms with van der Waals surface area (Å²) in [4.78, 5) is 12.1. The number of hydrogen-bond acceptors (Lipinski definition) is 3. The van der Waals surface area contributed by atoms with E-state index in [1.165, 1.54) is 0 Å². The third kappa shape index (κ3) is 3.17. The third-order valence-electron chi connectivity index (χ3n) is 3.80. The van der Waals surface area contributed by atoms with Gasteiger partial charge in [0.15, 0.2) is 0 Å². The van der Waals surface area contributed by atoms with Gasteiger partial charge in [-0.2, -0.15) is 0 Å². The van der Waals surface area contributed by atoms with Crippen LogP contribution in [-0.4, -0.2) is 17.6 Å². The Bertz CT molecular complexity index is 776. The van der Waals surface area contributed by atoms with Crippen molar-refractivity contribution in [3.05, 3.63) is 71.9 Å². The lowest BCUT2D eigenvalue weighted by atomic mass is 10.1. The van der Waals surface area contributed by atoms with Crippen molar-refractivity contribution in [2.45, 2.75) is 6.42 Å². The average Bonchev–Trinajstić information content (AvgIpc) is 2.89. The van der Waals surface area contributed by atoms with E-state index < -0.39 is 0 Å². The lowest BCUT2D eigenvalue weighted by molar-refractivity contribution is -0.110. The molecule has 1 amide bonds. The van der Waals surface area contributed by atoms with Gasteiger partial charge in [0.2, 0.25) is 0 Å². The first-order valence-electron chi connectivity index (χ1n) is 7.46. The summed E-state index contributed by atoms with van der Waals surface area (Å²) >= 11 is 0.